The molecule has 1 aliphatic carbocycles. The molecule has 0 aromatic carbocycles. The normalized spacial score (nSPS) is 23.8. The van der Waals surface area contributed by atoms with E-state index in [0.717, 1.165) is 62.4 Å². The Morgan fingerprint density at radius 2 is 1.92 bits per heavy atom. The van der Waals surface area contributed by atoms with Crippen molar-refractivity contribution in [2.24, 2.45) is 5.92 Å². The van der Waals surface area contributed by atoms with Gasteiger partial charge in [-0.1, -0.05) is 12.8 Å². The van der Waals surface area contributed by atoms with E-state index < -0.39 is 0 Å². The van der Waals surface area contributed by atoms with Crippen LogP contribution in [-0.2, 0) is 22.6 Å². The van der Waals surface area contributed by atoms with Crippen molar-refractivity contribution in [2.45, 2.75) is 57.9 Å². The van der Waals surface area contributed by atoms with Gasteiger partial charge in [-0.3, -0.25) is 9.59 Å². The SMILES string of the molecule is CC(=O)N1CC[C@@H](c2ncc3c(n2)CCN(C(=O)C2CCCC2)C3)C1. The van der Waals surface area contributed by atoms with Gasteiger partial charge in [-0.05, 0) is 19.3 Å². The molecule has 1 saturated carbocycles. The molecule has 2 amide bonds. The number of hydrogen-bond acceptors (Lipinski definition) is 4. The number of carbonyl (C=O) groups excluding carboxylic acids is 2. The molecule has 2 aliphatic heterocycles. The molecule has 1 aromatic rings. The highest BCUT2D eigenvalue weighted by Gasteiger charge is 2.31. The minimum absolute atomic E-state index is 0.126. The van der Waals surface area contributed by atoms with Crippen LogP contribution in [0.2, 0.25) is 0 Å². The van der Waals surface area contributed by atoms with Crippen LogP contribution in [0, 0.1) is 5.92 Å². The van der Waals surface area contributed by atoms with Gasteiger partial charge in [-0.25, -0.2) is 9.97 Å². The fraction of sp³-hybridized carbons (Fsp3) is 0.684. The molecule has 0 unspecified atom stereocenters. The Labute approximate surface area is 148 Å². The van der Waals surface area contributed by atoms with Crippen LogP contribution in [0.4, 0.5) is 0 Å². The van der Waals surface area contributed by atoms with Crippen molar-refractivity contribution in [1.29, 1.82) is 0 Å². The van der Waals surface area contributed by atoms with Gasteiger partial charge in [0.1, 0.15) is 5.82 Å². The number of aromatic nitrogens is 2. The summed E-state index contributed by atoms with van der Waals surface area (Å²) >= 11 is 0. The summed E-state index contributed by atoms with van der Waals surface area (Å²) in [4.78, 5) is 37.4. The fourth-order valence-corrected chi connectivity index (χ4v) is 4.40. The predicted octanol–water partition coefficient (Wildman–Crippen LogP) is 1.89. The van der Waals surface area contributed by atoms with E-state index in [1.807, 2.05) is 16.0 Å². The smallest absolute Gasteiger partial charge is 0.225 e. The van der Waals surface area contributed by atoms with Crippen LogP contribution < -0.4 is 0 Å². The molecule has 1 saturated heterocycles. The highest BCUT2D eigenvalue weighted by atomic mass is 16.2. The maximum absolute atomic E-state index is 12.6. The van der Waals surface area contributed by atoms with Gasteiger partial charge in [0.2, 0.25) is 11.8 Å². The first-order valence-corrected chi connectivity index (χ1v) is 9.51. The van der Waals surface area contributed by atoms with Gasteiger partial charge >= 0.3 is 0 Å². The van der Waals surface area contributed by atoms with Crippen molar-refractivity contribution in [3.05, 3.63) is 23.3 Å². The third-order valence-electron chi connectivity index (χ3n) is 5.97. The number of fused-ring (bicyclic) bond motifs is 1. The second kappa shape index (κ2) is 6.73. The lowest BCUT2D eigenvalue weighted by molar-refractivity contribution is -0.136. The molecule has 0 spiro atoms. The Bertz CT molecular complexity index is 684. The Hall–Kier alpha value is -1.98. The molecule has 134 valence electrons. The maximum Gasteiger partial charge on any atom is 0.225 e. The van der Waals surface area contributed by atoms with Gasteiger partial charge in [0.25, 0.3) is 0 Å². The van der Waals surface area contributed by atoms with E-state index in [4.69, 9.17) is 4.98 Å². The summed E-state index contributed by atoms with van der Waals surface area (Å²) in [6, 6.07) is 0. The minimum Gasteiger partial charge on any atom is -0.342 e. The van der Waals surface area contributed by atoms with Crippen molar-refractivity contribution >= 4 is 11.8 Å². The number of hydrogen-bond donors (Lipinski definition) is 0. The van der Waals surface area contributed by atoms with Crippen molar-refractivity contribution in [2.75, 3.05) is 19.6 Å². The molecule has 6 heteroatoms. The molecular formula is C19H26N4O2. The van der Waals surface area contributed by atoms with Gasteiger partial charge in [-0.2, -0.15) is 0 Å². The quantitative estimate of drug-likeness (QED) is 0.823. The molecule has 0 N–H and O–H groups in total. The van der Waals surface area contributed by atoms with E-state index in [1.54, 1.807) is 6.92 Å². The monoisotopic (exact) mass is 342 g/mol. The lowest BCUT2D eigenvalue weighted by Crippen LogP contribution is -2.39. The van der Waals surface area contributed by atoms with Gasteiger partial charge < -0.3 is 9.80 Å². The van der Waals surface area contributed by atoms with Crippen LogP contribution in [0.3, 0.4) is 0 Å². The average Bonchev–Trinajstić information content (AvgIpc) is 3.32. The molecule has 3 aliphatic rings. The third kappa shape index (κ3) is 3.26. The Balaban J connectivity index is 1.44. The van der Waals surface area contributed by atoms with E-state index in [2.05, 4.69) is 4.98 Å². The van der Waals surface area contributed by atoms with Crippen molar-refractivity contribution in [1.82, 2.24) is 19.8 Å². The van der Waals surface area contributed by atoms with Crippen LogP contribution in [-0.4, -0.2) is 51.2 Å². The first-order chi connectivity index (χ1) is 12.1. The van der Waals surface area contributed by atoms with Crippen LogP contribution in [0.1, 0.15) is 62.0 Å². The highest BCUT2D eigenvalue weighted by Crippen LogP contribution is 2.30. The van der Waals surface area contributed by atoms with Gasteiger partial charge in [0.05, 0.1) is 5.69 Å². The first-order valence-electron chi connectivity index (χ1n) is 9.51. The van der Waals surface area contributed by atoms with Gasteiger partial charge in [-0.15, -0.1) is 0 Å². The van der Waals surface area contributed by atoms with E-state index in [9.17, 15) is 9.59 Å². The first kappa shape index (κ1) is 16.5. The molecule has 3 heterocycles. The predicted molar refractivity (Wildman–Crippen MR) is 92.7 cm³/mol. The summed E-state index contributed by atoms with van der Waals surface area (Å²) in [5, 5.41) is 0. The van der Waals surface area contributed by atoms with Gasteiger partial charge in [0, 0.05) is 63.1 Å². The summed E-state index contributed by atoms with van der Waals surface area (Å²) in [5.41, 5.74) is 2.17. The molecule has 2 fully saturated rings. The Kier molecular flexibility index (Phi) is 4.44. The number of rotatable bonds is 2. The molecule has 0 bridgehead atoms. The largest absolute Gasteiger partial charge is 0.342 e. The zero-order valence-electron chi connectivity index (χ0n) is 14.9. The van der Waals surface area contributed by atoms with Crippen molar-refractivity contribution in [3.8, 4) is 0 Å². The number of likely N-dealkylation sites (tertiary alicyclic amines) is 1. The molecule has 1 aromatic heterocycles. The standard InChI is InChI=1S/C19H26N4O2/c1-13(24)22-8-6-15(11-22)18-20-10-16-12-23(9-7-17(16)21-18)19(25)14-4-2-3-5-14/h10,14-15H,2-9,11-12H2,1H3/t15-/m1/s1. The summed E-state index contributed by atoms with van der Waals surface area (Å²) in [7, 11) is 0. The van der Waals surface area contributed by atoms with Crippen molar-refractivity contribution in [3.63, 3.8) is 0 Å². The number of nitrogens with zero attached hydrogens (tertiary/aromatic N) is 4. The van der Waals surface area contributed by atoms with E-state index in [-0.39, 0.29) is 17.7 Å². The van der Waals surface area contributed by atoms with Gasteiger partial charge in [0.15, 0.2) is 0 Å². The minimum atomic E-state index is 0.126. The summed E-state index contributed by atoms with van der Waals surface area (Å²) < 4.78 is 0. The lowest BCUT2D eigenvalue weighted by Gasteiger charge is -2.30. The lowest BCUT2D eigenvalue weighted by atomic mass is 10.0. The zero-order valence-corrected chi connectivity index (χ0v) is 14.9. The van der Waals surface area contributed by atoms with E-state index in [1.165, 1.54) is 12.8 Å². The van der Waals surface area contributed by atoms with Crippen LogP contribution in [0.15, 0.2) is 6.20 Å². The van der Waals surface area contributed by atoms with Crippen LogP contribution in [0.5, 0.6) is 0 Å². The Morgan fingerprint density at radius 3 is 2.64 bits per heavy atom. The molecule has 4 rings (SSSR count). The number of amides is 2. The molecule has 25 heavy (non-hydrogen) atoms. The zero-order chi connectivity index (χ0) is 17.4. The second-order valence-electron chi connectivity index (χ2n) is 7.64. The average molecular weight is 342 g/mol. The fourth-order valence-electron chi connectivity index (χ4n) is 4.40. The summed E-state index contributed by atoms with van der Waals surface area (Å²) in [5.74, 6) is 1.78. The molecule has 0 radical (unpaired) electrons. The van der Waals surface area contributed by atoms with Crippen LogP contribution >= 0.6 is 0 Å². The number of carbonyl (C=O) groups is 2. The van der Waals surface area contributed by atoms with E-state index in [0.29, 0.717) is 12.5 Å². The summed E-state index contributed by atoms with van der Waals surface area (Å²) in [6.45, 7) is 4.55. The highest BCUT2D eigenvalue weighted by molar-refractivity contribution is 5.79. The topological polar surface area (TPSA) is 66.4 Å². The Morgan fingerprint density at radius 1 is 1.12 bits per heavy atom. The molecule has 6 nitrogen and oxygen atoms in total. The maximum atomic E-state index is 12.6. The van der Waals surface area contributed by atoms with Crippen molar-refractivity contribution < 1.29 is 9.59 Å². The third-order valence-corrected chi connectivity index (χ3v) is 5.97. The molecular weight excluding hydrogens is 316 g/mol. The van der Waals surface area contributed by atoms with E-state index >= 15 is 0 Å². The van der Waals surface area contributed by atoms with Crippen LogP contribution in [0.25, 0.3) is 0 Å². The summed E-state index contributed by atoms with van der Waals surface area (Å²) in [6.07, 6.45) is 8.12. The molecule has 1 atom stereocenters. The second-order valence-corrected chi connectivity index (χ2v) is 7.64.